The highest BCUT2D eigenvalue weighted by Crippen LogP contribution is 2.07. The summed E-state index contributed by atoms with van der Waals surface area (Å²) < 4.78 is 0. The fourth-order valence-electron chi connectivity index (χ4n) is 0.799. The van der Waals surface area contributed by atoms with Gasteiger partial charge < -0.3 is 4.90 Å². The van der Waals surface area contributed by atoms with Crippen molar-refractivity contribution < 1.29 is 4.79 Å². The minimum Gasteiger partial charge on any atom is -0.342 e. The Bertz CT molecular complexity index is 126. The van der Waals surface area contributed by atoms with Crippen molar-refractivity contribution in [2.24, 2.45) is 0 Å². The molecule has 0 aliphatic carbocycles. The Morgan fingerprint density at radius 3 is 2.18 bits per heavy atom. The van der Waals surface area contributed by atoms with Crippen LogP contribution in [-0.2, 0) is 4.79 Å². The molecular weight excluding hydrogens is 274 g/mol. The van der Waals surface area contributed by atoms with Crippen LogP contribution in [0.3, 0.4) is 0 Å². The molecule has 0 heterocycles. The monoisotopic (exact) mass is 285 g/mol. The second-order valence-electron chi connectivity index (χ2n) is 2.13. The van der Waals surface area contributed by atoms with Gasteiger partial charge in [0.1, 0.15) is 4.83 Å². The number of rotatable bonds is 4. The van der Waals surface area contributed by atoms with E-state index in [9.17, 15) is 4.79 Å². The van der Waals surface area contributed by atoms with Crippen molar-refractivity contribution in [2.75, 3.05) is 18.4 Å². The molecule has 0 aliphatic rings. The van der Waals surface area contributed by atoms with E-state index in [1.54, 1.807) is 4.90 Å². The van der Waals surface area contributed by atoms with Crippen molar-refractivity contribution in [2.45, 2.75) is 18.7 Å². The van der Waals surface area contributed by atoms with Crippen molar-refractivity contribution in [3.05, 3.63) is 0 Å². The van der Waals surface area contributed by atoms with Crippen molar-refractivity contribution in [3.8, 4) is 0 Å². The summed E-state index contributed by atoms with van der Waals surface area (Å²) in [6.07, 6.45) is 0. The molecule has 0 aromatic heterocycles. The van der Waals surface area contributed by atoms with Gasteiger partial charge in [0, 0.05) is 18.4 Å². The van der Waals surface area contributed by atoms with Gasteiger partial charge in [-0.2, -0.15) is 0 Å². The zero-order chi connectivity index (χ0) is 8.85. The number of hydrogen-bond acceptors (Lipinski definition) is 1. The molecule has 0 radical (unpaired) electrons. The molecule has 0 aromatic carbocycles. The number of carbonyl (C=O) groups is 1. The predicted molar refractivity (Wildman–Crippen MR) is 54.4 cm³/mol. The van der Waals surface area contributed by atoms with Gasteiger partial charge in [0.2, 0.25) is 5.91 Å². The third kappa shape index (κ3) is 3.56. The van der Waals surface area contributed by atoms with E-state index in [-0.39, 0.29) is 10.7 Å². The second-order valence-corrected chi connectivity index (χ2v) is 3.89. The lowest BCUT2D eigenvalue weighted by atomic mass is 10.4. The first-order valence-corrected chi connectivity index (χ1v) is 5.69. The highest BCUT2D eigenvalue weighted by molar-refractivity contribution is 9.12. The fourth-order valence-corrected chi connectivity index (χ4v) is 1.37. The van der Waals surface area contributed by atoms with Crippen LogP contribution in [0, 0.1) is 0 Å². The first kappa shape index (κ1) is 11.4. The summed E-state index contributed by atoms with van der Waals surface area (Å²) in [6.45, 7) is 5.53. The summed E-state index contributed by atoms with van der Waals surface area (Å²) >= 11 is 6.53. The fraction of sp³-hybridized carbons (Fsp3) is 0.857. The van der Waals surface area contributed by atoms with Crippen molar-refractivity contribution in [3.63, 3.8) is 0 Å². The molecule has 1 amide bonds. The van der Waals surface area contributed by atoms with Crippen LogP contribution in [0.2, 0.25) is 0 Å². The maximum Gasteiger partial charge on any atom is 0.237 e. The Morgan fingerprint density at radius 2 is 1.91 bits per heavy atom. The summed E-state index contributed by atoms with van der Waals surface area (Å²) in [7, 11) is 0. The van der Waals surface area contributed by atoms with E-state index in [1.165, 1.54) is 0 Å². The molecule has 2 nitrogen and oxygen atoms in total. The van der Waals surface area contributed by atoms with E-state index in [0.717, 1.165) is 13.1 Å². The van der Waals surface area contributed by atoms with E-state index in [1.807, 2.05) is 13.8 Å². The summed E-state index contributed by atoms with van der Waals surface area (Å²) in [5, 5.41) is 0.669. The van der Waals surface area contributed by atoms with Crippen LogP contribution in [0.5, 0.6) is 0 Å². The summed E-state index contributed by atoms with van der Waals surface area (Å²) in [5.41, 5.74) is 0. The van der Waals surface area contributed by atoms with E-state index < -0.39 is 0 Å². The van der Waals surface area contributed by atoms with Gasteiger partial charge in [0.25, 0.3) is 0 Å². The van der Waals surface area contributed by atoms with Gasteiger partial charge in [-0.1, -0.05) is 31.9 Å². The molecule has 0 bridgehead atoms. The smallest absolute Gasteiger partial charge is 0.237 e. The number of carbonyl (C=O) groups excluding carboxylic acids is 1. The number of alkyl halides is 2. The van der Waals surface area contributed by atoms with Crippen LogP contribution in [-0.4, -0.2) is 34.1 Å². The number of amides is 1. The molecule has 0 rings (SSSR count). The average Bonchev–Trinajstić information content (AvgIpc) is 2.05. The van der Waals surface area contributed by atoms with Crippen molar-refractivity contribution in [1.82, 2.24) is 4.90 Å². The normalized spacial score (nSPS) is 12.7. The minimum atomic E-state index is -0.0811. The molecule has 1 atom stereocenters. The lowest BCUT2D eigenvalue weighted by molar-refractivity contribution is -0.129. The number of nitrogens with zero attached hydrogens (tertiary/aromatic N) is 1. The lowest BCUT2D eigenvalue weighted by Crippen LogP contribution is -2.36. The predicted octanol–water partition coefficient (Wildman–Crippen LogP) is 2.01. The zero-order valence-corrected chi connectivity index (χ0v) is 9.98. The van der Waals surface area contributed by atoms with Crippen LogP contribution in [0.1, 0.15) is 13.8 Å². The van der Waals surface area contributed by atoms with E-state index >= 15 is 0 Å². The van der Waals surface area contributed by atoms with Gasteiger partial charge in [0.05, 0.1) is 0 Å². The van der Waals surface area contributed by atoms with Gasteiger partial charge in [-0.25, -0.2) is 0 Å². The standard InChI is InChI=1S/C7H13Br2NO/c1-3-10(4-2)7(11)6(9)5-8/h6H,3-5H2,1-2H3. The summed E-state index contributed by atoms with van der Waals surface area (Å²) in [4.78, 5) is 13.1. The molecule has 0 saturated carbocycles. The van der Waals surface area contributed by atoms with Crippen LogP contribution >= 0.6 is 31.9 Å². The highest BCUT2D eigenvalue weighted by Gasteiger charge is 2.17. The zero-order valence-electron chi connectivity index (χ0n) is 6.81. The minimum absolute atomic E-state index is 0.0811. The van der Waals surface area contributed by atoms with E-state index in [4.69, 9.17) is 0 Å². The lowest BCUT2D eigenvalue weighted by Gasteiger charge is -2.20. The number of halogens is 2. The summed E-state index contributed by atoms with van der Waals surface area (Å²) in [6, 6.07) is 0. The van der Waals surface area contributed by atoms with Crippen molar-refractivity contribution >= 4 is 37.8 Å². The maximum absolute atomic E-state index is 11.4. The molecule has 0 fully saturated rings. The maximum atomic E-state index is 11.4. The van der Waals surface area contributed by atoms with Crippen LogP contribution in [0.25, 0.3) is 0 Å². The molecule has 11 heavy (non-hydrogen) atoms. The molecular formula is C7H13Br2NO. The topological polar surface area (TPSA) is 20.3 Å². The Balaban J connectivity index is 3.97. The van der Waals surface area contributed by atoms with E-state index in [0.29, 0.717) is 5.33 Å². The Morgan fingerprint density at radius 1 is 1.45 bits per heavy atom. The largest absolute Gasteiger partial charge is 0.342 e. The molecule has 0 aromatic rings. The van der Waals surface area contributed by atoms with Gasteiger partial charge >= 0.3 is 0 Å². The third-order valence-corrected chi connectivity index (χ3v) is 3.71. The molecule has 66 valence electrons. The van der Waals surface area contributed by atoms with Crippen LogP contribution in [0.15, 0.2) is 0 Å². The molecule has 0 saturated heterocycles. The number of hydrogen-bond donors (Lipinski definition) is 0. The van der Waals surface area contributed by atoms with Crippen molar-refractivity contribution in [1.29, 1.82) is 0 Å². The Labute approximate surface area is 84.6 Å². The first-order chi connectivity index (χ1) is 5.17. The van der Waals surface area contributed by atoms with Crippen LogP contribution < -0.4 is 0 Å². The molecule has 0 spiro atoms. The van der Waals surface area contributed by atoms with Crippen LogP contribution in [0.4, 0.5) is 0 Å². The molecule has 1 unspecified atom stereocenters. The quantitative estimate of drug-likeness (QED) is 0.724. The third-order valence-electron chi connectivity index (χ3n) is 1.48. The SMILES string of the molecule is CCN(CC)C(=O)C(Br)CBr. The van der Waals surface area contributed by atoms with Gasteiger partial charge in [-0.15, -0.1) is 0 Å². The molecule has 0 aliphatic heterocycles. The summed E-state index contributed by atoms with van der Waals surface area (Å²) in [5.74, 6) is 0.159. The molecule has 0 N–H and O–H groups in total. The van der Waals surface area contributed by atoms with Gasteiger partial charge in [0.15, 0.2) is 0 Å². The Hall–Kier alpha value is 0.430. The Kier molecular flexibility index (Phi) is 6.24. The highest BCUT2D eigenvalue weighted by atomic mass is 79.9. The first-order valence-electron chi connectivity index (χ1n) is 3.66. The van der Waals surface area contributed by atoms with E-state index in [2.05, 4.69) is 31.9 Å². The average molecular weight is 287 g/mol. The second kappa shape index (κ2) is 6.00. The molecule has 4 heteroatoms. The van der Waals surface area contributed by atoms with Gasteiger partial charge in [-0.3, -0.25) is 4.79 Å². The van der Waals surface area contributed by atoms with Gasteiger partial charge in [-0.05, 0) is 13.8 Å².